The molecule has 0 aliphatic carbocycles. The summed E-state index contributed by atoms with van der Waals surface area (Å²) in [7, 11) is -4.47. The van der Waals surface area contributed by atoms with E-state index in [9.17, 15) is 4.79 Å². The molecule has 0 saturated carbocycles. The van der Waals surface area contributed by atoms with Gasteiger partial charge in [-0.15, -0.1) is 0 Å². The van der Waals surface area contributed by atoms with Crippen molar-refractivity contribution in [3.8, 4) is 0 Å². The Morgan fingerprint density at radius 3 is 1.65 bits per heavy atom. The van der Waals surface area contributed by atoms with Crippen molar-refractivity contribution in [1.82, 2.24) is 0 Å². The Hall–Kier alpha value is -1.54. The number of hydrogen-bond acceptors (Lipinski definition) is 3. The fourth-order valence-electron chi connectivity index (χ4n) is 4.59. The average molecular weight is 457 g/mol. The van der Waals surface area contributed by atoms with Gasteiger partial charge in [0.15, 0.2) is 8.32 Å². The molecule has 0 aliphatic rings. The van der Waals surface area contributed by atoms with E-state index in [1.165, 1.54) is 10.4 Å². The van der Waals surface area contributed by atoms with Crippen molar-refractivity contribution in [3.63, 3.8) is 0 Å². The van der Waals surface area contributed by atoms with E-state index in [4.69, 9.17) is 8.85 Å². The Bertz CT molecular complexity index is 736. The van der Waals surface area contributed by atoms with E-state index in [-0.39, 0.29) is 11.1 Å². The summed E-state index contributed by atoms with van der Waals surface area (Å²) in [5.74, 6) is 0. The van der Waals surface area contributed by atoms with Crippen molar-refractivity contribution in [2.75, 3.05) is 6.61 Å². The van der Waals surface area contributed by atoms with Crippen LogP contribution in [0.2, 0.25) is 23.2 Å². The van der Waals surface area contributed by atoms with Gasteiger partial charge < -0.3 is 13.6 Å². The van der Waals surface area contributed by atoms with Crippen molar-refractivity contribution in [2.45, 2.75) is 77.2 Å². The third kappa shape index (κ3) is 5.83. The molecule has 31 heavy (non-hydrogen) atoms. The molecule has 2 aromatic carbocycles. The van der Waals surface area contributed by atoms with E-state index in [0.717, 1.165) is 24.4 Å². The molecule has 2 aromatic rings. The highest BCUT2D eigenvalue weighted by Crippen LogP contribution is 2.37. The lowest BCUT2D eigenvalue weighted by Crippen LogP contribution is -2.67. The van der Waals surface area contributed by atoms with Crippen LogP contribution in [0.25, 0.3) is 0 Å². The second-order valence-corrected chi connectivity index (χ2v) is 18.4. The zero-order valence-corrected chi connectivity index (χ0v) is 22.2. The maximum atomic E-state index is 11.5. The summed E-state index contributed by atoms with van der Waals surface area (Å²) in [6.07, 6.45) is 1.18. The Labute approximate surface area is 191 Å². The quantitative estimate of drug-likeness (QED) is 0.311. The van der Waals surface area contributed by atoms with Gasteiger partial charge >= 0.3 is 0 Å². The molecule has 3 nitrogen and oxygen atoms in total. The number of carbonyl (C=O) groups is 1. The summed E-state index contributed by atoms with van der Waals surface area (Å²) in [6.45, 7) is 13.9. The predicted octanol–water partition coefficient (Wildman–Crippen LogP) is 5.54. The molecule has 0 spiro atoms. The average Bonchev–Trinajstić information content (AvgIpc) is 2.78. The van der Waals surface area contributed by atoms with Crippen LogP contribution in [0, 0.1) is 0 Å². The number of carbonyl (C=O) groups excluding carboxylic acids is 1. The molecule has 0 amide bonds. The molecule has 0 unspecified atom stereocenters. The Morgan fingerprint density at radius 1 is 0.839 bits per heavy atom. The standard InChI is InChI=1S/C26H40O3Si2/c1-7-30(8-2,9-3)29-23(20-21-27)22-28-31(26(4,5)6,24-16-12-10-13-17-24)25-18-14-11-15-19-25/h10-19,21,23H,7-9,20,22H2,1-6H3/t23-/m0/s1. The van der Waals surface area contributed by atoms with Crippen LogP contribution in [0.3, 0.4) is 0 Å². The minimum atomic E-state index is -2.63. The fourth-order valence-corrected chi connectivity index (χ4v) is 12.1. The van der Waals surface area contributed by atoms with Crippen molar-refractivity contribution in [1.29, 1.82) is 0 Å². The third-order valence-electron chi connectivity index (χ3n) is 6.61. The molecule has 0 heterocycles. The van der Waals surface area contributed by atoms with Crippen LogP contribution in [0.15, 0.2) is 60.7 Å². The molecule has 170 valence electrons. The lowest BCUT2D eigenvalue weighted by atomic mass is 10.2. The highest BCUT2D eigenvalue weighted by Gasteiger charge is 2.50. The van der Waals surface area contributed by atoms with Gasteiger partial charge in [-0.05, 0) is 33.5 Å². The van der Waals surface area contributed by atoms with E-state index in [2.05, 4.69) is 102 Å². The van der Waals surface area contributed by atoms with Crippen LogP contribution in [0.4, 0.5) is 0 Å². The van der Waals surface area contributed by atoms with Gasteiger partial charge in [0.05, 0.1) is 12.7 Å². The van der Waals surface area contributed by atoms with Crippen molar-refractivity contribution in [3.05, 3.63) is 60.7 Å². The van der Waals surface area contributed by atoms with Crippen LogP contribution in [0.1, 0.15) is 48.0 Å². The van der Waals surface area contributed by atoms with E-state index in [0.29, 0.717) is 13.0 Å². The molecular weight excluding hydrogens is 416 g/mol. The second kappa shape index (κ2) is 11.4. The van der Waals surface area contributed by atoms with Crippen LogP contribution >= 0.6 is 0 Å². The van der Waals surface area contributed by atoms with Gasteiger partial charge in [0.1, 0.15) is 6.29 Å². The molecule has 2 rings (SSSR count). The lowest BCUT2D eigenvalue weighted by molar-refractivity contribution is -0.109. The third-order valence-corrected chi connectivity index (χ3v) is 16.3. The molecule has 0 fully saturated rings. The van der Waals surface area contributed by atoms with Gasteiger partial charge in [-0.1, -0.05) is 102 Å². The van der Waals surface area contributed by atoms with Crippen molar-refractivity contribution >= 4 is 33.3 Å². The second-order valence-electron chi connectivity index (χ2n) is 9.36. The van der Waals surface area contributed by atoms with Crippen LogP contribution in [0.5, 0.6) is 0 Å². The topological polar surface area (TPSA) is 35.5 Å². The normalized spacial score (nSPS) is 13.7. The maximum Gasteiger partial charge on any atom is 0.261 e. The van der Waals surface area contributed by atoms with Gasteiger partial charge in [0, 0.05) is 6.42 Å². The summed E-state index contributed by atoms with van der Waals surface area (Å²) < 4.78 is 13.7. The summed E-state index contributed by atoms with van der Waals surface area (Å²) in [5.41, 5.74) is 0. The summed E-state index contributed by atoms with van der Waals surface area (Å²) >= 11 is 0. The van der Waals surface area contributed by atoms with Gasteiger partial charge in [0.2, 0.25) is 0 Å². The van der Waals surface area contributed by atoms with Gasteiger partial charge in [0.25, 0.3) is 8.32 Å². The van der Waals surface area contributed by atoms with E-state index < -0.39 is 16.6 Å². The summed E-state index contributed by atoms with van der Waals surface area (Å²) in [6, 6.07) is 24.5. The highest BCUT2D eigenvalue weighted by atomic mass is 28.4. The number of benzene rings is 2. The van der Waals surface area contributed by atoms with E-state index in [1.54, 1.807) is 0 Å². The first-order chi connectivity index (χ1) is 14.8. The highest BCUT2D eigenvalue weighted by molar-refractivity contribution is 6.99. The Morgan fingerprint density at radius 2 is 1.29 bits per heavy atom. The molecule has 0 bridgehead atoms. The molecule has 1 atom stereocenters. The van der Waals surface area contributed by atoms with Gasteiger partial charge in [-0.25, -0.2) is 0 Å². The smallest absolute Gasteiger partial charge is 0.261 e. The van der Waals surface area contributed by atoms with Crippen LogP contribution < -0.4 is 10.4 Å². The number of aldehydes is 1. The molecular formula is C26H40O3Si2. The monoisotopic (exact) mass is 456 g/mol. The van der Waals surface area contributed by atoms with Crippen molar-refractivity contribution < 1.29 is 13.6 Å². The maximum absolute atomic E-state index is 11.5. The minimum absolute atomic E-state index is 0.0871. The Balaban J connectivity index is 2.49. The molecule has 0 radical (unpaired) electrons. The zero-order valence-electron chi connectivity index (χ0n) is 20.2. The first-order valence-corrected chi connectivity index (χ1v) is 16.1. The minimum Gasteiger partial charge on any atom is -0.411 e. The fraction of sp³-hybridized carbons (Fsp3) is 0.500. The van der Waals surface area contributed by atoms with E-state index in [1.807, 2.05) is 0 Å². The number of rotatable bonds is 12. The van der Waals surface area contributed by atoms with E-state index >= 15 is 0 Å². The SMILES string of the molecule is CC[Si](CC)(CC)O[C@@H](CC=O)CO[Si](c1ccccc1)(c1ccccc1)C(C)(C)C. The van der Waals surface area contributed by atoms with Gasteiger partial charge in [-0.2, -0.15) is 0 Å². The zero-order chi connectivity index (χ0) is 23.0. The van der Waals surface area contributed by atoms with Crippen LogP contribution in [-0.4, -0.2) is 35.6 Å². The molecule has 5 heteroatoms. The molecule has 0 saturated heterocycles. The molecule has 0 N–H and O–H groups in total. The molecule has 0 aromatic heterocycles. The summed E-state index contributed by atoms with van der Waals surface area (Å²) in [5, 5.41) is 2.42. The predicted molar refractivity (Wildman–Crippen MR) is 136 cm³/mol. The van der Waals surface area contributed by atoms with Gasteiger partial charge in [-0.3, -0.25) is 0 Å². The summed E-state index contributed by atoms with van der Waals surface area (Å²) in [4.78, 5) is 11.5. The number of hydrogen-bond donors (Lipinski definition) is 0. The molecule has 0 aliphatic heterocycles. The van der Waals surface area contributed by atoms with Crippen LogP contribution in [-0.2, 0) is 13.6 Å². The first kappa shape index (κ1) is 25.7. The lowest BCUT2D eigenvalue weighted by Gasteiger charge is -2.44. The first-order valence-electron chi connectivity index (χ1n) is 11.6. The largest absolute Gasteiger partial charge is 0.411 e. The Kier molecular flexibility index (Phi) is 9.43. The van der Waals surface area contributed by atoms with Crippen molar-refractivity contribution in [2.24, 2.45) is 0 Å².